The van der Waals surface area contributed by atoms with Crippen molar-refractivity contribution in [3.8, 4) is 23.0 Å². The molecule has 3 rings (SSSR count). The number of methoxy groups -OCH3 is 2. The lowest BCUT2D eigenvalue weighted by Gasteiger charge is -2.27. The van der Waals surface area contributed by atoms with Crippen molar-refractivity contribution in [2.24, 2.45) is 0 Å². The summed E-state index contributed by atoms with van der Waals surface area (Å²) in [6, 6.07) is 6.00. The Hall–Kier alpha value is -3.39. The van der Waals surface area contributed by atoms with Gasteiger partial charge in [0.1, 0.15) is 18.4 Å². The molecule has 216 valence electrons. The molecule has 2 aromatic carbocycles. The lowest BCUT2D eigenvalue weighted by molar-refractivity contribution is -0.188. The summed E-state index contributed by atoms with van der Waals surface area (Å²) in [5.74, 6) is -1.82. The zero-order valence-corrected chi connectivity index (χ0v) is 24.6. The fraction of sp³-hybridized carbons (Fsp3) is 0.308. The number of esters is 1. The predicted molar refractivity (Wildman–Crippen MR) is 145 cm³/mol. The highest BCUT2D eigenvalue weighted by Crippen LogP contribution is 2.40. The van der Waals surface area contributed by atoms with Crippen LogP contribution in [0.15, 0.2) is 62.9 Å². The first-order chi connectivity index (χ1) is 18.8. The summed E-state index contributed by atoms with van der Waals surface area (Å²) < 4.78 is 61.2. The maximum Gasteiger partial charge on any atom is 0.471 e. The first kappa shape index (κ1) is 31.1. The maximum absolute atomic E-state index is 13.0. The van der Waals surface area contributed by atoms with Crippen LogP contribution in [0.5, 0.6) is 23.0 Å². The molecule has 0 spiro atoms. The number of ether oxygens (including phenoxy) is 4. The molecule has 1 aliphatic heterocycles. The number of hydrogen-bond donors (Lipinski definition) is 2. The number of dihydropyridines is 1. The van der Waals surface area contributed by atoms with Gasteiger partial charge in [0.2, 0.25) is 0 Å². The second-order valence-electron chi connectivity index (χ2n) is 8.48. The molecule has 1 amide bonds. The van der Waals surface area contributed by atoms with Crippen molar-refractivity contribution in [3.63, 3.8) is 0 Å². The number of phenols is 1. The number of hydrogen-bond acceptors (Lipinski definition) is 8. The Morgan fingerprint density at radius 1 is 1.12 bits per heavy atom. The molecule has 1 atom stereocenters. The van der Waals surface area contributed by atoms with Gasteiger partial charge in [0.25, 0.3) is 0 Å². The van der Waals surface area contributed by atoms with E-state index in [1.807, 2.05) is 6.08 Å². The van der Waals surface area contributed by atoms with Crippen molar-refractivity contribution in [3.05, 3.63) is 68.4 Å². The molecule has 0 unspecified atom stereocenters. The average Bonchev–Trinajstić information content (AvgIpc) is 2.92. The van der Waals surface area contributed by atoms with E-state index in [-0.39, 0.29) is 24.5 Å². The summed E-state index contributed by atoms with van der Waals surface area (Å²) in [5, 5.41) is 13.3. The predicted octanol–water partition coefficient (Wildman–Crippen LogP) is 5.21. The number of carbonyl (C=O) groups is 2. The normalized spacial score (nSPS) is 13.8. The monoisotopic (exact) mass is 692 g/mol. The molecule has 0 aromatic heterocycles. The molecule has 14 heteroatoms. The minimum atomic E-state index is -5.15. The molecule has 1 heterocycles. The Kier molecular flexibility index (Phi) is 10.4. The number of nitrogens with one attached hydrogen (secondary N) is 1. The number of amides is 1. The molecule has 0 bridgehead atoms. The summed E-state index contributed by atoms with van der Waals surface area (Å²) >= 11 is 6.76. The first-order valence-corrected chi connectivity index (χ1v) is 13.1. The number of allylic oxidation sites excluding steroid dienone is 2. The van der Waals surface area contributed by atoms with Crippen molar-refractivity contribution >= 4 is 43.7 Å². The molecule has 0 saturated heterocycles. The van der Waals surface area contributed by atoms with Gasteiger partial charge in [-0.1, -0.05) is 6.08 Å². The number of halogens is 5. The summed E-state index contributed by atoms with van der Waals surface area (Å²) in [4.78, 5) is 24.3. The third-order valence-corrected chi connectivity index (χ3v) is 6.91. The standard InChI is InChI=1S/C26H25Br2F3N2O7/c1-33(25(36)26(29,30)31)19(24(35)38-3)10-15-8-17(27)23(18(28)9-15)40-16-5-6-20(34)21(11-16)39-13-14-4-7-22(37-2)32-12-14/h4-9,11,19,32,34H,10,12-13H2,1-3H3/t19-/m0/s1. The van der Waals surface area contributed by atoms with Gasteiger partial charge < -0.3 is 34.3 Å². The Morgan fingerprint density at radius 3 is 2.35 bits per heavy atom. The van der Waals surface area contributed by atoms with Gasteiger partial charge in [0.05, 0.1) is 23.2 Å². The molecule has 0 saturated carbocycles. The topological polar surface area (TPSA) is 107 Å². The highest BCUT2D eigenvalue weighted by atomic mass is 79.9. The zero-order chi connectivity index (χ0) is 29.6. The summed E-state index contributed by atoms with van der Waals surface area (Å²) in [6.07, 6.45) is -1.79. The van der Waals surface area contributed by atoms with Crippen LogP contribution in [0.25, 0.3) is 0 Å². The van der Waals surface area contributed by atoms with Gasteiger partial charge in [-0.3, -0.25) is 4.79 Å². The van der Waals surface area contributed by atoms with Crippen molar-refractivity contribution in [1.29, 1.82) is 0 Å². The van der Waals surface area contributed by atoms with E-state index in [4.69, 9.17) is 14.2 Å². The van der Waals surface area contributed by atoms with E-state index < -0.39 is 24.1 Å². The molecule has 0 radical (unpaired) electrons. The van der Waals surface area contributed by atoms with E-state index in [0.29, 0.717) is 43.3 Å². The highest BCUT2D eigenvalue weighted by molar-refractivity contribution is 9.11. The highest BCUT2D eigenvalue weighted by Gasteiger charge is 2.45. The molecular formula is C26H25Br2F3N2O7. The van der Waals surface area contributed by atoms with Crippen LogP contribution < -0.4 is 14.8 Å². The number of nitrogens with zero attached hydrogens (tertiary/aromatic N) is 1. The number of alkyl halides is 3. The summed E-state index contributed by atoms with van der Waals surface area (Å²) in [5.41, 5.74) is 1.33. The van der Waals surface area contributed by atoms with E-state index in [1.54, 1.807) is 25.3 Å². The second-order valence-corrected chi connectivity index (χ2v) is 10.2. The van der Waals surface area contributed by atoms with Gasteiger partial charge in [-0.2, -0.15) is 13.2 Å². The van der Waals surface area contributed by atoms with Gasteiger partial charge in [0, 0.05) is 26.1 Å². The maximum atomic E-state index is 13.0. The fourth-order valence-electron chi connectivity index (χ4n) is 3.62. The molecule has 2 N–H and O–H groups in total. The molecule has 1 aliphatic rings. The first-order valence-electron chi connectivity index (χ1n) is 11.5. The van der Waals surface area contributed by atoms with Gasteiger partial charge in [0.15, 0.2) is 23.1 Å². The van der Waals surface area contributed by atoms with Crippen LogP contribution >= 0.6 is 31.9 Å². The summed E-state index contributed by atoms with van der Waals surface area (Å²) in [7, 11) is 3.47. The van der Waals surface area contributed by atoms with E-state index in [0.717, 1.165) is 19.7 Å². The zero-order valence-electron chi connectivity index (χ0n) is 21.5. The van der Waals surface area contributed by atoms with Gasteiger partial charge in [-0.05, 0) is 73.3 Å². The molecule has 9 nitrogen and oxygen atoms in total. The van der Waals surface area contributed by atoms with Crippen LogP contribution in [0.4, 0.5) is 13.2 Å². The third-order valence-electron chi connectivity index (χ3n) is 5.73. The number of likely N-dealkylation sites (N-methyl/N-ethyl adjacent to an activating group) is 1. The Balaban J connectivity index is 1.77. The van der Waals surface area contributed by atoms with E-state index >= 15 is 0 Å². The van der Waals surface area contributed by atoms with Crippen LogP contribution in [0, 0.1) is 0 Å². The van der Waals surface area contributed by atoms with Crippen LogP contribution in [0.1, 0.15) is 5.56 Å². The lowest BCUT2D eigenvalue weighted by atomic mass is 10.0. The van der Waals surface area contributed by atoms with Crippen LogP contribution in [0.3, 0.4) is 0 Å². The SMILES string of the molecule is COC(=O)[C@H](Cc1cc(Br)c(Oc2ccc(O)c(OCC3=CC=C(OC)NC3)c2)c(Br)c1)N(C)C(=O)C(F)(F)F. The number of carbonyl (C=O) groups excluding carboxylic acids is 2. The van der Waals surface area contributed by atoms with Crippen LogP contribution in [-0.2, 0) is 25.5 Å². The summed E-state index contributed by atoms with van der Waals surface area (Å²) in [6.45, 7) is 0.714. The lowest BCUT2D eigenvalue weighted by Crippen LogP contribution is -2.49. The Morgan fingerprint density at radius 2 is 1.80 bits per heavy atom. The molecule has 0 aliphatic carbocycles. The smallest absolute Gasteiger partial charge is 0.471 e. The minimum absolute atomic E-state index is 0.0929. The van der Waals surface area contributed by atoms with Crippen molar-refractivity contribution in [1.82, 2.24) is 10.2 Å². The Bertz CT molecular complexity index is 1310. The van der Waals surface area contributed by atoms with E-state index in [2.05, 4.69) is 41.9 Å². The van der Waals surface area contributed by atoms with Gasteiger partial charge in [-0.15, -0.1) is 0 Å². The van der Waals surface area contributed by atoms with Gasteiger partial charge in [-0.25, -0.2) is 4.79 Å². The molecule has 2 aromatic rings. The number of phenolic OH excluding ortho intramolecular Hbond substituents is 1. The number of benzene rings is 2. The largest absolute Gasteiger partial charge is 0.504 e. The number of rotatable bonds is 10. The van der Waals surface area contributed by atoms with Crippen LogP contribution in [0.2, 0.25) is 0 Å². The number of aromatic hydroxyl groups is 1. The average molecular weight is 694 g/mol. The van der Waals surface area contributed by atoms with Crippen molar-refractivity contribution in [2.75, 3.05) is 34.4 Å². The Labute approximate surface area is 244 Å². The quantitative estimate of drug-likeness (QED) is 0.327. The molecule has 40 heavy (non-hydrogen) atoms. The second kappa shape index (κ2) is 13.3. The van der Waals surface area contributed by atoms with Crippen LogP contribution in [-0.4, -0.2) is 68.5 Å². The van der Waals surface area contributed by atoms with E-state index in [9.17, 15) is 27.9 Å². The van der Waals surface area contributed by atoms with Gasteiger partial charge >= 0.3 is 18.1 Å². The fourth-order valence-corrected chi connectivity index (χ4v) is 5.06. The van der Waals surface area contributed by atoms with E-state index in [1.165, 1.54) is 18.2 Å². The van der Waals surface area contributed by atoms with Crippen molar-refractivity contribution < 1.29 is 46.8 Å². The third kappa shape index (κ3) is 7.84. The van der Waals surface area contributed by atoms with Crippen molar-refractivity contribution in [2.45, 2.75) is 18.6 Å². The molecule has 0 fully saturated rings. The minimum Gasteiger partial charge on any atom is -0.504 e. The molecular weight excluding hydrogens is 669 g/mol.